The van der Waals surface area contributed by atoms with Crippen LogP contribution in [0.15, 0.2) is 36.4 Å². The summed E-state index contributed by atoms with van der Waals surface area (Å²) < 4.78 is 0. The minimum atomic E-state index is 0.665. The molecule has 0 aliphatic heterocycles. The van der Waals surface area contributed by atoms with Gasteiger partial charge in [0.1, 0.15) is 0 Å². The lowest BCUT2D eigenvalue weighted by atomic mass is 10.1. The van der Waals surface area contributed by atoms with E-state index in [1.165, 1.54) is 20.9 Å². The molecule has 3 heteroatoms. The summed E-state index contributed by atoms with van der Waals surface area (Å²) in [5.74, 6) is 0. The van der Waals surface area contributed by atoms with Crippen LogP contribution in [0.4, 0.5) is 0 Å². The highest BCUT2D eigenvalue weighted by Crippen LogP contribution is 2.28. The van der Waals surface area contributed by atoms with E-state index in [2.05, 4.69) is 54.7 Å². The van der Waals surface area contributed by atoms with Gasteiger partial charge in [-0.3, -0.25) is 0 Å². The summed E-state index contributed by atoms with van der Waals surface area (Å²) in [7, 11) is 0. The summed E-state index contributed by atoms with van der Waals surface area (Å²) in [4.78, 5) is 2.69. The number of nitrogens with zero attached hydrogens (tertiary/aromatic N) is 1. The number of rotatable bonds is 7. The average Bonchev–Trinajstić information content (AvgIpc) is 2.92. The molecule has 0 unspecified atom stereocenters. The zero-order chi connectivity index (χ0) is 14.2. The Morgan fingerprint density at radius 2 is 1.90 bits per heavy atom. The number of benzene rings is 1. The van der Waals surface area contributed by atoms with Crippen molar-refractivity contribution in [1.29, 1.82) is 5.26 Å². The highest BCUT2D eigenvalue weighted by molar-refractivity contribution is 7.15. The van der Waals surface area contributed by atoms with Gasteiger partial charge in [-0.2, -0.15) is 5.26 Å². The van der Waals surface area contributed by atoms with Gasteiger partial charge in [0.15, 0.2) is 0 Å². The fourth-order valence-electron chi connectivity index (χ4n) is 2.01. The van der Waals surface area contributed by atoms with Crippen LogP contribution >= 0.6 is 11.3 Å². The minimum Gasteiger partial charge on any atom is -0.312 e. The van der Waals surface area contributed by atoms with Crippen molar-refractivity contribution in [3.63, 3.8) is 0 Å². The smallest absolute Gasteiger partial charge is 0.0621 e. The minimum absolute atomic E-state index is 0.665. The Labute approximate surface area is 125 Å². The van der Waals surface area contributed by atoms with Gasteiger partial charge in [-0.05, 0) is 44.0 Å². The van der Waals surface area contributed by atoms with Crippen LogP contribution in [0.25, 0.3) is 10.4 Å². The lowest BCUT2D eigenvalue weighted by Crippen LogP contribution is -2.13. The molecule has 104 valence electrons. The molecule has 0 fully saturated rings. The van der Waals surface area contributed by atoms with Crippen molar-refractivity contribution in [3.05, 3.63) is 46.8 Å². The molecule has 0 bridgehead atoms. The molecule has 1 N–H and O–H groups in total. The van der Waals surface area contributed by atoms with Crippen LogP contribution in [0, 0.1) is 18.3 Å². The molecule has 1 aromatic carbocycles. The fourth-order valence-corrected chi connectivity index (χ4v) is 2.99. The Morgan fingerprint density at radius 1 is 1.10 bits per heavy atom. The van der Waals surface area contributed by atoms with E-state index in [0.717, 1.165) is 25.9 Å². The van der Waals surface area contributed by atoms with Gasteiger partial charge in [0, 0.05) is 22.7 Å². The van der Waals surface area contributed by atoms with E-state index >= 15 is 0 Å². The maximum absolute atomic E-state index is 8.46. The van der Waals surface area contributed by atoms with Crippen molar-refractivity contribution in [2.24, 2.45) is 0 Å². The van der Waals surface area contributed by atoms with Gasteiger partial charge in [-0.1, -0.05) is 29.8 Å². The monoisotopic (exact) mass is 284 g/mol. The van der Waals surface area contributed by atoms with Gasteiger partial charge in [0.25, 0.3) is 0 Å². The van der Waals surface area contributed by atoms with Gasteiger partial charge in [0.05, 0.1) is 6.07 Å². The number of unbranched alkanes of at least 4 members (excludes halogenated alkanes) is 2. The topological polar surface area (TPSA) is 35.8 Å². The van der Waals surface area contributed by atoms with E-state index < -0.39 is 0 Å². The fraction of sp³-hybridized carbons (Fsp3) is 0.353. The van der Waals surface area contributed by atoms with Crippen molar-refractivity contribution in [2.75, 3.05) is 6.54 Å². The predicted octanol–water partition coefficient (Wildman–Crippen LogP) is 4.51. The molecule has 0 aliphatic rings. The quantitative estimate of drug-likeness (QED) is 0.759. The normalized spacial score (nSPS) is 10.4. The van der Waals surface area contributed by atoms with E-state index in [-0.39, 0.29) is 0 Å². The largest absolute Gasteiger partial charge is 0.312 e. The first-order valence-electron chi connectivity index (χ1n) is 7.03. The molecule has 2 aromatic rings. The van der Waals surface area contributed by atoms with Crippen LogP contribution < -0.4 is 5.32 Å². The van der Waals surface area contributed by atoms with E-state index in [1.807, 2.05) is 11.3 Å². The van der Waals surface area contributed by atoms with Gasteiger partial charge in [0.2, 0.25) is 0 Å². The second-order valence-corrected chi connectivity index (χ2v) is 6.09. The molecule has 0 saturated carbocycles. The lowest BCUT2D eigenvalue weighted by molar-refractivity contribution is 0.632. The first-order valence-corrected chi connectivity index (χ1v) is 7.84. The first kappa shape index (κ1) is 14.8. The van der Waals surface area contributed by atoms with E-state index in [4.69, 9.17) is 5.26 Å². The summed E-state index contributed by atoms with van der Waals surface area (Å²) in [6, 6.07) is 15.2. The Bertz CT molecular complexity index is 563. The number of hydrogen-bond donors (Lipinski definition) is 1. The molecule has 1 aromatic heterocycles. The van der Waals surface area contributed by atoms with E-state index in [9.17, 15) is 0 Å². The van der Waals surface area contributed by atoms with Crippen LogP contribution in [-0.4, -0.2) is 6.54 Å². The highest BCUT2D eigenvalue weighted by Gasteiger charge is 2.02. The molecule has 20 heavy (non-hydrogen) atoms. The molecule has 2 nitrogen and oxygen atoms in total. The summed E-state index contributed by atoms with van der Waals surface area (Å²) in [5, 5.41) is 11.9. The number of nitriles is 1. The zero-order valence-electron chi connectivity index (χ0n) is 11.9. The zero-order valence-corrected chi connectivity index (χ0v) is 12.7. The van der Waals surface area contributed by atoms with E-state index in [1.54, 1.807) is 0 Å². The molecule has 0 saturated heterocycles. The number of hydrogen-bond acceptors (Lipinski definition) is 3. The highest BCUT2D eigenvalue weighted by atomic mass is 32.1. The molecule has 0 spiro atoms. The Kier molecular flexibility index (Phi) is 5.79. The Morgan fingerprint density at radius 3 is 2.65 bits per heavy atom. The third-order valence-electron chi connectivity index (χ3n) is 3.19. The molecular formula is C17H20N2S. The Hall–Kier alpha value is -1.63. The molecule has 0 atom stereocenters. The standard InChI is InChI=1S/C17H20N2S/c1-14-5-7-15(8-6-14)17-10-9-16(20-17)13-19-12-4-2-3-11-18/h5-10,19H,2-4,12-13H2,1H3. The van der Waals surface area contributed by atoms with Crippen molar-refractivity contribution < 1.29 is 0 Å². The summed E-state index contributed by atoms with van der Waals surface area (Å²) in [5.41, 5.74) is 2.59. The summed E-state index contributed by atoms with van der Waals surface area (Å²) >= 11 is 1.85. The van der Waals surface area contributed by atoms with Gasteiger partial charge < -0.3 is 5.32 Å². The Balaban J connectivity index is 1.80. The maximum Gasteiger partial charge on any atom is 0.0621 e. The number of nitrogens with one attached hydrogen (secondary N) is 1. The molecule has 0 radical (unpaired) electrons. The van der Waals surface area contributed by atoms with Crippen LogP contribution in [0.2, 0.25) is 0 Å². The number of aryl methyl sites for hydroxylation is 1. The predicted molar refractivity (Wildman–Crippen MR) is 85.7 cm³/mol. The van der Waals surface area contributed by atoms with Crippen LogP contribution in [-0.2, 0) is 6.54 Å². The van der Waals surface area contributed by atoms with Crippen LogP contribution in [0.3, 0.4) is 0 Å². The van der Waals surface area contributed by atoms with Crippen molar-refractivity contribution >= 4 is 11.3 Å². The van der Waals surface area contributed by atoms with Crippen molar-refractivity contribution in [1.82, 2.24) is 5.32 Å². The molecule has 0 aliphatic carbocycles. The molecular weight excluding hydrogens is 264 g/mol. The van der Waals surface area contributed by atoms with Gasteiger partial charge >= 0.3 is 0 Å². The first-order chi connectivity index (χ1) is 9.79. The third-order valence-corrected chi connectivity index (χ3v) is 4.32. The lowest BCUT2D eigenvalue weighted by Gasteiger charge is -2.01. The third kappa shape index (κ3) is 4.48. The SMILES string of the molecule is Cc1ccc(-c2ccc(CNCCCCC#N)s2)cc1. The van der Waals surface area contributed by atoms with Crippen molar-refractivity contribution in [2.45, 2.75) is 32.7 Å². The second-order valence-electron chi connectivity index (χ2n) is 4.92. The van der Waals surface area contributed by atoms with Crippen molar-refractivity contribution in [3.8, 4) is 16.5 Å². The second kappa shape index (κ2) is 7.84. The molecule has 0 amide bonds. The maximum atomic E-state index is 8.46. The molecule has 1 heterocycles. The summed E-state index contributed by atoms with van der Waals surface area (Å²) in [6.45, 7) is 4.02. The van der Waals surface area contributed by atoms with Crippen LogP contribution in [0.1, 0.15) is 29.7 Å². The number of thiophene rings is 1. The van der Waals surface area contributed by atoms with Gasteiger partial charge in [-0.25, -0.2) is 0 Å². The van der Waals surface area contributed by atoms with Gasteiger partial charge in [-0.15, -0.1) is 11.3 Å². The van der Waals surface area contributed by atoms with Crippen LogP contribution in [0.5, 0.6) is 0 Å². The summed E-state index contributed by atoms with van der Waals surface area (Å²) in [6.07, 6.45) is 2.73. The average molecular weight is 284 g/mol. The van der Waals surface area contributed by atoms with E-state index in [0.29, 0.717) is 6.42 Å². The molecule has 2 rings (SSSR count).